The lowest BCUT2D eigenvalue weighted by Gasteiger charge is -2.38. The van der Waals surface area contributed by atoms with Gasteiger partial charge in [-0.1, -0.05) is 0 Å². The zero-order chi connectivity index (χ0) is 14.9. The molecule has 0 bridgehead atoms. The van der Waals surface area contributed by atoms with Gasteiger partial charge in [0, 0.05) is 39.1 Å². The molecule has 3 rings (SSSR count). The van der Waals surface area contributed by atoms with Crippen LogP contribution in [-0.4, -0.2) is 76.5 Å². The molecule has 1 aromatic rings. The average molecular weight is 293 g/mol. The van der Waals surface area contributed by atoms with E-state index in [2.05, 4.69) is 45.5 Å². The van der Waals surface area contributed by atoms with Crippen LogP contribution in [0, 0.1) is 0 Å². The Hall–Kier alpha value is -0.980. The first-order valence-electron chi connectivity index (χ1n) is 7.97. The summed E-state index contributed by atoms with van der Waals surface area (Å²) in [6.45, 7) is 10.5. The Balaban J connectivity index is 1.44. The monoisotopic (exact) mass is 293 g/mol. The van der Waals surface area contributed by atoms with Crippen LogP contribution in [0.25, 0.3) is 0 Å². The van der Waals surface area contributed by atoms with Gasteiger partial charge in [0.1, 0.15) is 12.2 Å². The van der Waals surface area contributed by atoms with Crippen LogP contribution in [-0.2, 0) is 11.2 Å². The fourth-order valence-corrected chi connectivity index (χ4v) is 3.41. The van der Waals surface area contributed by atoms with Crippen molar-refractivity contribution in [2.24, 2.45) is 0 Å². The second-order valence-corrected chi connectivity index (χ2v) is 6.96. The first-order chi connectivity index (χ1) is 10.0. The Morgan fingerprint density at radius 3 is 3.14 bits per heavy atom. The molecule has 0 radical (unpaired) electrons. The number of nitrogens with zero attached hydrogens (tertiary/aromatic N) is 5. The lowest BCUT2D eigenvalue weighted by Crippen LogP contribution is -2.50. The predicted octanol–water partition coefficient (Wildman–Crippen LogP) is 0.808. The van der Waals surface area contributed by atoms with Crippen molar-refractivity contribution >= 4 is 0 Å². The maximum absolute atomic E-state index is 5.77. The Morgan fingerprint density at radius 1 is 1.48 bits per heavy atom. The van der Waals surface area contributed by atoms with E-state index in [0.29, 0.717) is 6.04 Å². The summed E-state index contributed by atoms with van der Waals surface area (Å²) in [6.07, 6.45) is 3.92. The van der Waals surface area contributed by atoms with E-state index in [-0.39, 0.29) is 5.60 Å². The van der Waals surface area contributed by atoms with E-state index in [4.69, 9.17) is 4.74 Å². The van der Waals surface area contributed by atoms with Crippen molar-refractivity contribution in [3.8, 4) is 0 Å². The van der Waals surface area contributed by atoms with Gasteiger partial charge in [0.15, 0.2) is 0 Å². The van der Waals surface area contributed by atoms with Crippen LogP contribution in [0.1, 0.15) is 32.1 Å². The molecule has 0 aromatic carbocycles. The summed E-state index contributed by atoms with van der Waals surface area (Å²) in [5, 5.41) is 4.35. The first kappa shape index (κ1) is 14.9. The van der Waals surface area contributed by atoms with Crippen molar-refractivity contribution in [1.82, 2.24) is 24.6 Å². The summed E-state index contributed by atoms with van der Waals surface area (Å²) in [5.74, 6) is 1.14. The number of rotatable bonds is 5. The Labute approximate surface area is 127 Å². The van der Waals surface area contributed by atoms with Gasteiger partial charge in [-0.3, -0.25) is 4.90 Å². The molecule has 0 saturated carbocycles. The third-order valence-corrected chi connectivity index (χ3v) is 4.52. The summed E-state index contributed by atoms with van der Waals surface area (Å²) in [6, 6.07) is 0.494. The van der Waals surface area contributed by atoms with E-state index in [9.17, 15) is 0 Å². The van der Waals surface area contributed by atoms with Gasteiger partial charge in [0.2, 0.25) is 0 Å². The molecular weight excluding hydrogens is 266 g/mol. The first-order valence-corrected chi connectivity index (χ1v) is 7.97. The van der Waals surface area contributed by atoms with Crippen molar-refractivity contribution in [3.63, 3.8) is 0 Å². The summed E-state index contributed by atoms with van der Waals surface area (Å²) < 4.78 is 7.87. The zero-order valence-electron chi connectivity index (χ0n) is 13.5. The highest BCUT2D eigenvalue weighted by Crippen LogP contribution is 2.23. The fourth-order valence-electron chi connectivity index (χ4n) is 3.41. The summed E-state index contributed by atoms with van der Waals surface area (Å²) >= 11 is 0. The third-order valence-electron chi connectivity index (χ3n) is 4.52. The second-order valence-electron chi connectivity index (χ2n) is 6.96. The molecule has 1 fully saturated rings. The van der Waals surface area contributed by atoms with Crippen molar-refractivity contribution in [2.45, 2.75) is 38.3 Å². The van der Waals surface area contributed by atoms with Crippen molar-refractivity contribution < 1.29 is 4.74 Å². The number of ether oxygens (including phenoxy) is 1. The quantitative estimate of drug-likeness (QED) is 0.804. The van der Waals surface area contributed by atoms with Crippen molar-refractivity contribution in [3.05, 3.63) is 12.2 Å². The minimum atomic E-state index is -0.00208. The molecule has 6 heteroatoms. The van der Waals surface area contributed by atoms with E-state index in [1.807, 2.05) is 0 Å². The van der Waals surface area contributed by atoms with Crippen molar-refractivity contribution in [2.75, 3.05) is 46.4 Å². The van der Waals surface area contributed by atoms with E-state index < -0.39 is 0 Å². The molecule has 1 atom stereocenters. The Morgan fingerprint density at radius 2 is 2.33 bits per heavy atom. The van der Waals surface area contributed by atoms with Gasteiger partial charge in [-0.05, 0) is 27.3 Å². The molecule has 1 saturated heterocycles. The molecule has 2 aliphatic rings. The van der Waals surface area contributed by atoms with Crippen LogP contribution in [0.2, 0.25) is 0 Å². The van der Waals surface area contributed by atoms with Gasteiger partial charge in [-0.15, -0.1) is 0 Å². The molecule has 6 nitrogen and oxygen atoms in total. The number of aromatic nitrogens is 3. The molecule has 21 heavy (non-hydrogen) atoms. The highest BCUT2D eigenvalue weighted by Gasteiger charge is 2.28. The highest BCUT2D eigenvalue weighted by molar-refractivity contribution is 4.96. The molecule has 0 aliphatic carbocycles. The Kier molecular flexibility index (Phi) is 4.28. The third kappa shape index (κ3) is 3.62. The number of aryl methyl sites for hydroxylation is 1. The van der Waals surface area contributed by atoms with Crippen LogP contribution < -0.4 is 0 Å². The number of hydrogen-bond acceptors (Lipinski definition) is 5. The Bertz CT molecular complexity index is 472. The number of morpholine rings is 1. The molecular formula is C15H27N5O. The predicted molar refractivity (Wildman–Crippen MR) is 81.3 cm³/mol. The summed E-state index contributed by atoms with van der Waals surface area (Å²) in [5.41, 5.74) is -0.00208. The van der Waals surface area contributed by atoms with Crippen LogP contribution in [0.3, 0.4) is 0 Å². The van der Waals surface area contributed by atoms with Crippen LogP contribution in [0.4, 0.5) is 0 Å². The van der Waals surface area contributed by atoms with Gasteiger partial charge in [-0.2, -0.15) is 5.10 Å². The highest BCUT2D eigenvalue weighted by atomic mass is 16.5. The minimum Gasteiger partial charge on any atom is -0.373 e. The molecule has 0 N–H and O–H groups in total. The van der Waals surface area contributed by atoms with E-state index in [1.165, 1.54) is 6.42 Å². The number of fused-ring (bicyclic) bond motifs is 1. The maximum atomic E-state index is 5.77. The molecule has 3 heterocycles. The van der Waals surface area contributed by atoms with Gasteiger partial charge in [0.25, 0.3) is 0 Å². The smallest absolute Gasteiger partial charge is 0.138 e. The topological polar surface area (TPSA) is 46.4 Å². The lowest BCUT2D eigenvalue weighted by atomic mass is 10.1. The molecule has 118 valence electrons. The zero-order valence-corrected chi connectivity index (χ0v) is 13.5. The van der Waals surface area contributed by atoms with Gasteiger partial charge >= 0.3 is 0 Å². The SMILES string of the molecule is CN(CCN1CCOC(C)(C)C1)CC1CCc2ncnn21. The summed E-state index contributed by atoms with van der Waals surface area (Å²) in [4.78, 5) is 9.23. The van der Waals surface area contributed by atoms with Crippen LogP contribution in [0.15, 0.2) is 6.33 Å². The van der Waals surface area contributed by atoms with Gasteiger partial charge in [0.05, 0.1) is 18.2 Å². The number of likely N-dealkylation sites (N-methyl/N-ethyl adjacent to an activating group) is 1. The van der Waals surface area contributed by atoms with E-state index in [1.54, 1.807) is 6.33 Å². The normalized spacial score (nSPS) is 25.4. The van der Waals surface area contributed by atoms with Crippen molar-refractivity contribution in [1.29, 1.82) is 0 Å². The molecule has 1 unspecified atom stereocenters. The number of hydrogen-bond donors (Lipinski definition) is 0. The molecule has 0 amide bonds. The average Bonchev–Trinajstić information content (AvgIpc) is 3.00. The fraction of sp³-hybridized carbons (Fsp3) is 0.867. The van der Waals surface area contributed by atoms with E-state index >= 15 is 0 Å². The lowest BCUT2D eigenvalue weighted by molar-refractivity contribution is -0.0868. The second kappa shape index (κ2) is 6.02. The largest absolute Gasteiger partial charge is 0.373 e. The summed E-state index contributed by atoms with van der Waals surface area (Å²) in [7, 11) is 2.21. The molecule has 1 aromatic heterocycles. The van der Waals surface area contributed by atoms with Crippen LogP contribution in [0.5, 0.6) is 0 Å². The molecule has 2 aliphatic heterocycles. The van der Waals surface area contributed by atoms with E-state index in [0.717, 1.165) is 51.6 Å². The van der Waals surface area contributed by atoms with Gasteiger partial charge < -0.3 is 9.64 Å². The standard InChI is InChI=1S/C15H27N5O/c1-15(2)11-19(8-9-21-15)7-6-18(3)10-13-4-5-14-16-12-17-20(13)14/h12-13H,4-11H2,1-3H3. The maximum Gasteiger partial charge on any atom is 0.138 e. The van der Waals surface area contributed by atoms with Gasteiger partial charge in [-0.25, -0.2) is 9.67 Å². The molecule has 0 spiro atoms. The van der Waals surface area contributed by atoms with Crippen LogP contribution >= 0.6 is 0 Å². The minimum absolute atomic E-state index is 0.00208.